The largest absolute Gasteiger partial charge is 0.365 e. The molecule has 1 aromatic heterocycles. The number of aryl methyl sites for hydroxylation is 1. The van der Waals surface area contributed by atoms with Crippen LogP contribution in [0.4, 0.5) is 21.2 Å². The predicted molar refractivity (Wildman–Crippen MR) is 95.2 cm³/mol. The number of nitrogens with one attached hydrogen (secondary N) is 2. The van der Waals surface area contributed by atoms with Gasteiger partial charge in [-0.2, -0.15) is 0 Å². The summed E-state index contributed by atoms with van der Waals surface area (Å²) in [6.07, 6.45) is 3.63. The third-order valence-electron chi connectivity index (χ3n) is 3.99. The van der Waals surface area contributed by atoms with Crippen LogP contribution in [0.5, 0.6) is 0 Å². The van der Waals surface area contributed by atoms with Gasteiger partial charge in [0.15, 0.2) is 0 Å². The first kappa shape index (κ1) is 16.9. The molecule has 3 amide bonds. The van der Waals surface area contributed by atoms with Crippen molar-refractivity contribution < 1.29 is 14.5 Å². The minimum absolute atomic E-state index is 0.0759. The van der Waals surface area contributed by atoms with E-state index < -0.39 is 16.9 Å². The maximum Gasteiger partial charge on any atom is 0.324 e. The lowest BCUT2D eigenvalue weighted by Gasteiger charge is -2.11. The summed E-state index contributed by atoms with van der Waals surface area (Å²) in [6.45, 7) is 0. The third kappa shape index (κ3) is 3.45. The minimum Gasteiger partial charge on any atom is -0.365 e. The van der Waals surface area contributed by atoms with Crippen LogP contribution >= 0.6 is 11.3 Å². The molecule has 1 aromatic carbocycles. The number of nitro benzene ring substituents is 1. The SMILES string of the molecule is NC(=O)c1c(NC(=O)Nc2ccccc2[N+](=O)[O-])sc2c1CCCC2. The van der Waals surface area contributed by atoms with Gasteiger partial charge in [-0.1, -0.05) is 12.1 Å². The number of fused-ring (bicyclic) bond motifs is 1. The number of hydrogen-bond acceptors (Lipinski definition) is 5. The Balaban J connectivity index is 1.84. The molecule has 25 heavy (non-hydrogen) atoms. The second-order valence-electron chi connectivity index (χ2n) is 5.63. The van der Waals surface area contributed by atoms with Crippen LogP contribution in [0.1, 0.15) is 33.6 Å². The molecule has 0 saturated carbocycles. The van der Waals surface area contributed by atoms with Gasteiger partial charge in [-0.05, 0) is 37.3 Å². The molecule has 9 heteroatoms. The Hall–Kier alpha value is -2.94. The number of primary amides is 1. The van der Waals surface area contributed by atoms with Gasteiger partial charge in [0, 0.05) is 10.9 Å². The van der Waals surface area contributed by atoms with Gasteiger partial charge in [-0.3, -0.25) is 20.2 Å². The number of urea groups is 1. The Morgan fingerprint density at radius 3 is 2.60 bits per heavy atom. The van der Waals surface area contributed by atoms with E-state index in [1.807, 2.05) is 0 Å². The fraction of sp³-hybridized carbons (Fsp3) is 0.250. The van der Waals surface area contributed by atoms with Gasteiger partial charge in [0.1, 0.15) is 10.7 Å². The highest BCUT2D eigenvalue weighted by molar-refractivity contribution is 7.17. The number of nitrogens with zero attached hydrogens (tertiary/aromatic N) is 1. The molecule has 0 fully saturated rings. The fourth-order valence-electron chi connectivity index (χ4n) is 2.91. The van der Waals surface area contributed by atoms with Crippen LogP contribution < -0.4 is 16.4 Å². The average molecular weight is 360 g/mol. The van der Waals surface area contributed by atoms with Crippen molar-refractivity contribution in [1.82, 2.24) is 0 Å². The predicted octanol–water partition coefficient (Wildman–Crippen LogP) is 3.28. The summed E-state index contributed by atoms with van der Waals surface area (Å²) in [6, 6.07) is 5.18. The molecular formula is C16H16N4O4S. The molecule has 1 aliphatic rings. The first-order valence-corrected chi connectivity index (χ1v) is 8.54. The van der Waals surface area contributed by atoms with Gasteiger partial charge in [-0.15, -0.1) is 11.3 Å². The van der Waals surface area contributed by atoms with Crippen LogP contribution in [0.15, 0.2) is 24.3 Å². The number of carbonyl (C=O) groups is 2. The lowest BCUT2D eigenvalue weighted by Crippen LogP contribution is -2.22. The molecule has 0 spiro atoms. The van der Waals surface area contributed by atoms with Crippen LogP contribution in [-0.4, -0.2) is 16.9 Å². The molecule has 8 nitrogen and oxygen atoms in total. The van der Waals surface area contributed by atoms with E-state index in [2.05, 4.69) is 10.6 Å². The van der Waals surface area contributed by atoms with Crippen molar-refractivity contribution in [1.29, 1.82) is 0 Å². The van der Waals surface area contributed by atoms with Crippen LogP contribution in [0, 0.1) is 10.1 Å². The summed E-state index contributed by atoms with van der Waals surface area (Å²) in [5, 5.41) is 16.5. The second kappa shape index (κ2) is 6.89. The lowest BCUT2D eigenvalue weighted by atomic mass is 9.95. The average Bonchev–Trinajstić information content (AvgIpc) is 2.92. The summed E-state index contributed by atoms with van der Waals surface area (Å²) in [4.78, 5) is 35.6. The maximum atomic E-state index is 12.3. The standard InChI is InChI=1S/C16H16N4O4S/c17-14(21)13-9-5-1-4-8-12(9)25-15(13)19-16(22)18-10-6-2-3-7-11(10)20(23)24/h2-3,6-7H,1,4-5,8H2,(H2,17,21)(H2,18,19,22). The van der Waals surface area contributed by atoms with Gasteiger partial charge in [0.05, 0.1) is 10.5 Å². The number of nitrogens with two attached hydrogens (primary N) is 1. The smallest absolute Gasteiger partial charge is 0.324 e. The quantitative estimate of drug-likeness (QED) is 0.571. The summed E-state index contributed by atoms with van der Waals surface area (Å²) < 4.78 is 0. The van der Waals surface area contributed by atoms with E-state index >= 15 is 0 Å². The molecule has 4 N–H and O–H groups in total. The normalized spacial score (nSPS) is 13.0. The number of benzene rings is 1. The van der Waals surface area contributed by atoms with Crippen LogP contribution in [0.2, 0.25) is 0 Å². The Kier molecular flexibility index (Phi) is 4.66. The molecule has 1 aliphatic carbocycles. The highest BCUT2D eigenvalue weighted by atomic mass is 32.1. The van der Waals surface area contributed by atoms with Crippen molar-refractivity contribution >= 4 is 39.7 Å². The highest BCUT2D eigenvalue weighted by Gasteiger charge is 2.25. The van der Waals surface area contributed by atoms with Gasteiger partial charge in [0.25, 0.3) is 11.6 Å². The van der Waals surface area contributed by atoms with Crippen molar-refractivity contribution in [3.8, 4) is 0 Å². The maximum absolute atomic E-state index is 12.3. The number of thiophene rings is 1. The molecule has 130 valence electrons. The number of hydrogen-bond donors (Lipinski definition) is 3. The molecule has 2 aromatic rings. The Morgan fingerprint density at radius 1 is 1.16 bits per heavy atom. The fourth-order valence-corrected chi connectivity index (χ4v) is 4.20. The first-order chi connectivity index (χ1) is 12.0. The van der Waals surface area contributed by atoms with Gasteiger partial charge < -0.3 is 11.1 Å². The van der Waals surface area contributed by atoms with Crippen molar-refractivity contribution in [3.05, 3.63) is 50.4 Å². The zero-order chi connectivity index (χ0) is 18.0. The monoisotopic (exact) mass is 360 g/mol. The number of amides is 3. The van der Waals surface area contributed by atoms with E-state index in [4.69, 9.17) is 5.73 Å². The number of para-hydroxylation sites is 2. The summed E-state index contributed by atoms with van der Waals surface area (Å²) in [7, 11) is 0. The molecule has 1 heterocycles. The zero-order valence-corrected chi connectivity index (χ0v) is 14.0. The summed E-state index contributed by atoms with van der Waals surface area (Å²) >= 11 is 1.33. The van der Waals surface area contributed by atoms with Crippen LogP contribution in [-0.2, 0) is 12.8 Å². The Bertz CT molecular complexity index is 862. The molecule has 0 saturated heterocycles. The molecule has 0 unspecified atom stereocenters. The number of carbonyl (C=O) groups excluding carboxylic acids is 2. The molecule has 0 radical (unpaired) electrons. The number of nitro groups is 1. The van der Waals surface area contributed by atoms with E-state index in [0.29, 0.717) is 10.6 Å². The van der Waals surface area contributed by atoms with E-state index in [-0.39, 0.29) is 11.4 Å². The van der Waals surface area contributed by atoms with Crippen molar-refractivity contribution in [3.63, 3.8) is 0 Å². The number of anilines is 2. The van der Waals surface area contributed by atoms with E-state index in [1.165, 1.54) is 29.5 Å². The van der Waals surface area contributed by atoms with Crippen molar-refractivity contribution in [2.24, 2.45) is 5.73 Å². The molecular weight excluding hydrogens is 344 g/mol. The Labute approximate surface area is 147 Å². The highest BCUT2D eigenvalue weighted by Crippen LogP contribution is 2.38. The van der Waals surface area contributed by atoms with Gasteiger partial charge in [0.2, 0.25) is 0 Å². The van der Waals surface area contributed by atoms with Gasteiger partial charge >= 0.3 is 6.03 Å². The zero-order valence-electron chi connectivity index (χ0n) is 13.2. The Morgan fingerprint density at radius 2 is 1.88 bits per heavy atom. The first-order valence-electron chi connectivity index (χ1n) is 7.73. The lowest BCUT2D eigenvalue weighted by molar-refractivity contribution is -0.383. The number of rotatable bonds is 4. The van der Waals surface area contributed by atoms with Crippen molar-refractivity contribution in [2.75, 3.05) is 10.6 Å². The van der Waals surface area contributed by atoms with E-state index in [1.54, 1.807) is 6.07 Å². The molecule has 0 atom stereocenters. The van der Waals surface area contributed by atoms with Crippen LogP contribution in [0.3, 0.4) is 0 Å². The molecule has 0 aliphatic heterocycles. The summed E-state index contributed by atoms with van der Waals surface area (Å²) in [5.74, 6) is -0.583. The van der Waals surface area contributed by atoms with E-state index in [9.17, 15) is 19.7 Å². The minimum atomic E-state index is -0.657. The molecule has 0 bridgehead atoms. The van der Waals surface area contributed by atoms with Crippen molar-refractivity contribution in [2.45, 2.75) is 25.7 Å². The summed E-state index contributed by atoms with van der Waals surface area (Å²) in [5.41, 5.74) is 6.60. The van der Waals surface area contributed by atoms with Crippen LogP contribution in [0.25, 0.3) is 0 Å². The topological polar surface area (TPSA) is 127 Å². The third-order valence-corrected chi connectivity index (χ3v) is 5.20. The molecule has 3 rings (SSSR count). The van der Waals surface area contributed by atoms with E-state index in [0.717, 1.165) is 36.1 Å². The second-order valence-corrected chi connectivity index (χ2v) is 6.74. The van der Waals surface area contributed by atoms with Gasteiger partial charge in [-0.25, -0.2) is 4.79 Å².